The van der Waals surface area contributed by atoms with E-state index in [1.165, 1.54) is 70.6 Å². The van der Waals surface area contributed by atoms with Crippen molar-refractivity contribution in [2.45, 2.75) is 96.8 Å². The molecule has 0 aromatic heterocycles. The van der Waals surface area contributed by atoms with Gasteiger partial charge in [0.05, 0.1) is 0 Å². The van der Waals surface area contributed by atoms with Crippen molar-refractivity contribution in [3.63, 3.8) is 0 Å². The Balaban J connectivity index is 3.07. The molecular weight excluding hydrogens is 266 g/mol. The summed E-state index contributed by atoms with van der Waals surface area (Å²) in [5.41, 5.74) is 0. The lowest BCUT2D eigenvalue weighted by Crippen LogP contribution is -1.93. The lowest BCUT2D eigenvalue weighted by Gasteiger charge is -1.99. The summed E-state index contributed by atoms with van der Waals surface area (Å²) in [7, 11) is 0. The third kappa shape index (κ3) is 17.2. The number of carboxylic acids is 1. The number of unbranched alkanes of at least 4 members (excludes halogenated alkanes) is 11. The lowest BCUT2D eigenvalue weighted by molar-refractivity contribution is -0.137. The minimum Gasteiger partial charge on any atom is -0.481 e. The second-order valence-corrected chi connectivity index (χ2v) is 5.73. The topological polar surface area (TPSA) is 37.3 Å². The molecule has 2 heteroatoms. The Hall–Kier alpha value is -0.790. The summed E-state index contributed by atoms with van der Waals surface area (Å²) in [5.74, 6) is -0.664. The third-order valence-electron chi connectivity index (χ3n) is 3.65. The van der Waals surface area contributed by atoms with Gasteiger partial charge in [-0.1, -0.05) is 70.4 Å². The fourth-order valence-electron chi connectivity index (χ4n) is 2.35. The quantitative estimate of drug-likeness (QED) is 0.225. The van der Waals surface area contributed by atoms with Crippen molar-refractivity contribution >= 4 is 5.97 Å². The number of hydrogen-bond donors (Lipinski definition) is 1. The van der Waals surface area contributed by atoms with Gasteiger partial charge < -0.3 is 5.11 Å². The summed E-state index contributed by atoms with van der Waals surface area (Å²) >= 11 is 0. The van der Waals surface area contributed by atoms with Crippen LogP contribution in [-0.4, -0.2) is 11.1 Å². The SMILES string of the molecule is [13CH3][13CH2][13CH2][13CH2][13CH2][13CH2][13CH2][13CH2]/[13CH]=[13CH]\[13CH2][13CH2][13CH2][13CH2][13CH2][13CH2][13CH2][13C](=O)O. The number of carboxylic acid groups (broad SMARTS) is 1. The van der Waals surface area contributed by atoms with Gasteiger partial charge >= 0.3 is 5.97 Å². The molecular formula is C18H34O2. The average molecular weight is 300 g/mol. The molecule has 0 aliphatic heterocycles. The summed E-state index contributed by atoms with van der Waals surface area (Å²) in [6.45, 7) is 2.26. The molecule has 0 aliphatic carbocycles. The van der Waals surface area contributed by atoms with E-state index in [1.54, 1.807) is 0 Å². The molecule has 1 N–H and O–H groups in total. The molecule has 20 heavy (non-hydrogen) atoms. The third-order valence-corrected chi connectivity index (χ3v) is 3.65. The first kappa shape index (κ1) is 19.2. The van der Waals surface area contributed by atoms with Gasteiger partial charge in [-0.3, -0.25) is 4.79 Å². The van der Waals surface area contributed by atoms with Gasteiger partial charge in [0.1, 0.15) is 0 Å². The summed E-state index contributed by atoms with van der Waals surface area (Å²) in [6, 6.07) is 0. The Morgan fingerprint density at radius 1 is 0.750 bits per heavy atom. The smallest absolute Gasteiger partial charge is 0.303 e. The van der Waals surface area contributed by atoms with Gasteiger partial charge in [0, 0.05) is 6.42 Å². The van der Waals surface area contributed by atoms with Crippen LogP contribution < -0.4 is 0 Å². The zero-order valence-corrected chi connectivity index (χ0v) is 13.4. The maximum atomic E-state index is 10.3. The largest absolute Gasteiger partial charge is 0.481 e. The Morgan fingerprint density at radius 2 is 1.20 bits per heavy atom. The van der Waals surface area contributed by atoms with Gasteiger partial charge in [-0.15, -0.1) is 0 Å². The van der Waals surface area contributed by atoms with Crippen molar-refractivity contribution in [1.82, 2.24) is 0 Å². The molecule has 0 aliphatic rings. The van der Waals surface area contributed by atoms with Crippen molar-refractivity contribution in [3.05, 3.63) is 12.2 Å². The average Bonchev–Trinajstić information content (AvgIpc) is 2.43. The highest BCUT2D eigenvalue weighted by Crippen LogP contribution is 2.09. The van der Waals surface area contributed by atoms with Crippen LogP contribution in [0.4, 0.5) is 0 Å². The zero-order chi connectivity index (χ0) is 14.9. The molecule has 0 saturated carbocycles. The van der Waals surface area contributed by atoms with E-state index < -0.39 is 5.97 Å². The minimum atomic E-state index is -0.664. The Labute approximate surface area is 125 Å². The number of hydrogen-bond acceptors (Lipinski definition) is 1. The number of allylic oxidation sites excluding steroid dienone is 2. The van der Waals surface area contributed by atoms with E-state index in [2.05, 4.69) is 19.1 Å². The number of rotatable bonds is 15. The highest BCUT2D eigenvalue weighted by Gasteiger charge is 1.95. The predicted molar refractivity (Wildman–Crippen MR) is 87.1 cm³/mol. The van der Waals surface area contributed by atoms with Crippen LogP contribution in [0.3, 0.4) is 0 Å². The van der Waals surface area contributed by atoms with Gasteiger partial charge in [0.2, 0.25) is 0 Å². The van der Waals surface area contributed by atoms with Crippen LogP contribution in [0, 0.1) is 0 Å². The number of aliphatic carboxylic acids is 1. The summed E-state index contributed by atoms with van der Waals surface area (Å²) in [6.07, 6.45) is 21.2. The normalized spacial score (nSPS) is 11.2. The van der Waals surface area contributed by atoms with Crippen molar-refractivity contribution < 1.29 is 9.90 Å². The van der Waals surface area contributed by atoms with Crippen LogP contribution in [0.5, 0.6) is 0 Å². The van der Waals surface area contributed by atoms with Crippen LogP contribution in [0.2, 0.25) is 0 Å². The van der Waals surface area contributed by atoms with Crippen LogP contribution in [0.15, 0.2) is 12.2 Å². The second-order valence-electron chi connectivity index (χ2n) is 5.73. The van der Waals surface area contributed by atoms with Gasteiger partial charge in [0.25, 0.3) is 0 Å². The lowest BCUT2D eigenvalue weighted by atomic mass is 11.1. The summed E-state index contributed by atoms with van der Waals surface area (Å²) in [5, 5.41) is 8.51. The molecule has 118 valence electrons. The maximum Gasteiger partial charge on any atom is 0.303 e. The van der Waals surface area contributed by atoms with Gasteiger partial charge in [-0.05, 0) is 32.1 Å². The van der Waals surface area contributed by atoms with Crippen molar-refractivity contribution in [1.29, 1.82) is 0 Å². The summed E-state index contributed by atoms with van der Waals surface area (Å²) < 4.78 is 0. The highest BCUT2D eigenvalue weighted by molar-refractivity contribution is 5.66. The summed E-state index contributed by atoms with van der Waals surface area (Å²) in [4.78, 5) is 10.3. The van der Waals surface area contributed by atoms with Crippen LogP contribution in [0.1, 0.15) is 96.8 Å². The van der Waals surface area contributed by atoms with E-state index >= 15 is 0 Å². The molecule has 0 heterocycles. The van der Waals surface area contributed by atoms with Crippen molar-refractivity contribution in [2.75, 3.05) is 0 Å². The molecule has 0 radical (unpaired) electrons. The van der Waals surface area contributed by atoms with Crippen molar-refractivity contribution in [3.8, 4) is 0 Å². The molecule has 0 amide bonds. The first-order valence-corrected chi connectivity index (χ1v) is 8.64. The van der Waals surface area contributed by atoms with Crippen molar-refractivity contribution in [2.24, 2.45) is 0 Å². The van der Waals surface area contributed by atoms with Crippen LogP contribution in [0.25, 0.3) is 0 Å². The first-order valence-electron chi connectivity index (χ1n) is 8.64. The molecule has 0 atom stereocenters. The molecule has 0 aromatic carbocycles. The van der Waals surface area contributed by atoms with E-state index in [1.807, 2.05) is 0 Å². The monoisotopic (exact) mass is 300 g/mol. The van der Waals surface area contributed by atoms with E-state index in [-0.39, 0.29) is 0 Å². The van der Waals surface area contributed by atoms with Gasteiger partial charge in [-0.2, -0.15) is 0 Å². The molecule has 0 rings (SSSR count). The fraction of sp³-hybridized carbons (Fsp3) is 0.833. The van der Waals surface area contributed by atoms with Crippen LogP contribution in [-0.2, 0) is 4.79 Å². The van der Waals surface area contributed by atoms with Gasteiger partial charge in [-0.25, -0.2) is 0 Å². The Bertz CT molecular complexity index is 234. The highest BCUT2D eigenvalue weighted by atomic mass is 16.5. The predicted octanol–water partition coefficient (Wildman–Crippen LogP) is 6.11. The van der Waals surface area contributed by atoms with E-state index in [0.717, 1.165) is 12.8 Å². The number of carbonyl (C=O) groups is 1. The van der Waals surface area contributed by atoms with E-state index in [9.17, 15) is 4.79 Å². The molecule has 0 bridgehead atoms. The van der Waals surface area contributed by atoms with E-state index in [4.69, 9.17) is 5.11 Å². The molecule has 0 unspecified atom stereocenters. The van der Waals surface area contributed by atoms with Crippen LogP contribution >= 0.6 is 0 Å². The minimum absolute atomic E-state index is 0.332. The van der Waals surface area contributed by atoms with Gasteiger partial charge in [0.15, 0.2) is 0 Å². The Morgan fingerprint density at radius 3 is 1.70 bits per heavy atom. The molecule has 0 fully saturated rings. The molecule has 0 spiro atoms. The first-order chi connectivity index (χ1) is 9.77. The Kier molecular flexibility index (Phi) is 15.6. The molecule has 2 nitrogen and oxygen atoms in total. The molecule has 0 saturated heterocycles. The maximum absolute atomic E-state index is 10.3. The molecule has 0 aromatic rings. The zero-order valence-electron chi connectivity index (χ0n) is 13.4. The second kappa shape index (κ2) is 16.3. The fourth-order valence-corrected chi connectivity index (χ4v) is 2.35. The standard InChI is InChI=1S/C18H34O2/c1-2-3-4-5-6-7-8-9-10-11-12-13-14-15-16-17-18(19)20/h9-10H,2-8,11-17H2,1H3,(H,19,20)/b10-9-/i1+1,2+1,3+1,4+1,5+1,6+1,7+1,8+1,9+1,10+1,11+1,12+1,13+1,14+1,15+1,16+1,17+1,18+1. The van der Waals surface area contributed by atoms with E-state index in [0.29, 0.717) is 6.42 Å².